The molecule has 2 heteroatoms. The summed E-state index contributed by atoms with van der Waals surface area (Å²) in [6.07, 6.45) is 3.17. The Morgan fingerprint density at radius 1 is 0.962 bits per heavy atom. The number of rotatable bonds is 2. The van der Waals surface area contributed by atoms with Crippen molar-refractivity contribution in [1.29, 1.82) is 0 Å². The zero-order chi connectivity index (χ0) is 18.9. The van der Waals surface area contributed by atoms with Crippen molar-refractivity contribution >= 4 is 16.8 Å². The molecule has 0 heterocycles. The summed E-state index contributed by atoms with van der Waals surface area (Å²) in [6, 6.07) is 14.0. The molecule has 0 saturated carbocycles. The van der Waals surface area contributed by atoms with E-state index in [0.29, 0.717) is 5.56 Å². The third-order valence-electron chi connectivity index (χ3n) is 5.55. The van der Waals surface area contributed by atoms with Crippen molar-refractivity contribution in [2.75, 3.05) is 0 Å². The Morgan fingerprint density at radius 2 is 1.58 bits per heavy atom. The molecule has 0 N–H and O–H groups in total. The van der Waals surface area contributed by atoms with E-state index in [1.54, 1.807) is 12.1 Å². The summed E-state index contributed by atoms with van der Waals surface area (Å²) in [6.45, 7) is 9.37. The van der Waals surface area contributed by atoms with Gasteiger partial charge in [-0.2, -0.15) is 0 Å². The van der Waals surface area contributed by atoms with Crippen LogP contribution in [-0.4, -0.2) is 5.24 Å². The number of carbonyl (C=O) groups is 1. The second kappa shape index (κ2) is 6.93. The number of benzene rings is 2. The first-order valence-corrected chi connectivity index (χ1v) is 9.49. The molecule has 0 amide bonds. The van der Waals surface area contributed by atoms with Crippen LogP contribution in [0.4, 0.5) is 0 Å². The molecule has 0 spiro atoms. The van der Waals surface area contributed by atoms with Crippen molar-refractivity contribution in [3.05, 3.63) is 70.3 Å². The van der Waals surface area contributed by atoms with E-state index in [1.165, 1.54) is 29.5 Å². The van der Waals surface area contributed by atoms with Crippen LogP contribution in [0.3, 0.4) is 0 Å². The van der Waals surface area contributed by atoms with Crippen LogP contribution in [0.5, 0.6) is 0 Å². The molecule has 0 unspecified atom stereocenters. The van der Waals surface area contributed by atoms with Gasteiger partial charge in [0, 0.05) is 17.5 Å². The van der Waals surface area contributed by atoms with Crippen LogP contribution in [0, 0.1) is 11.8 Å². The SMILES string of the molecule is CC1(C)CCC(C)(C)c2cc(CC#Cc3ccc(C(=O)Cl)cc3)ccc21. The van der Waals surface area contributed by atoms with Crippen molar-refractivity contribution in [1.82, 2.24) is 0 Å². The van der Waals surface area contributed by atoms with Crippen molar-refractivity contribution < 1.29 is 4.79 Å². The van der Waals surface area contributed by atoms with Crippen LogP contribution < -0.4 is 0 Å². The van der Waals surface area contributed by atoms with E-state index in [2.05, 4.69) is 57.7 Å². The zero-order valence-corrected chi connectivity index (χ0v) is 16.7. The molecule has 0 fully saturated rings. The van der Waals surface area contributed by atoms with Crippen molar-refractivity contribution in [2.24, 2.45) is 0 Å². The van der Waals surface area contributed by atoms with Gasteiger partial charge in [0.15, 0.2) is 0 Å². The standard InChI is InChI=1S/C24H25ClO/c1-23(2)14-15-24(3,4)21-16-18(10-13-20(21)23)7-5-6-17-8-11-19(12-9-17)22(25)26/h8-13,16H,7,14-15H2,1-4H3. The molecule has 0 aliphatic heterocycles. The predicted octanol–water partition coefficient (Wildman–Crippen LogP) is 6.01. The highest BCUT2D eigenvalue weighted by atomic mass is 35.5. The molecule has 3 rings (SSSR count). The Kier molecular flexibility index (Phi) is 5.00. The summed E-state index contributed by atoms with van der Waals surface area (Å²) in [7, 11) is 0. The Balaban J connectivity index is 1.81. The summed E-state index contributed by atoms with van der Waals surface area (Å²) in [4.78, 5) is 11.1. The quantitative estimate of drug-likeness (QED) is 0.471. The molecule has 1 aliphatic carbocycles. The summed E-state index contributed by atoms with van der Waals surface area (Å²) in [5.74, 6) is 6.43. The maximum atomic E-state index is 11.1. The average Bonchev–Trinajstić information content (AvgIpc) is 2.59. The first-order valence-electron chi connectivity index (χ1n) is 9.12. The maximum absolute atomic E-state index is 11.1. The molecular weight excluding hydrogens is 340 g/mol. The fourth-order valence-electron chi connectivity index (χ4n) is 3.68. The van der Waals surface area contributed by atoms with E-state index >= 15 is 0 Å². The Morgan fingerprint density at radius 3 is 2.19 bits per heavy atom. The molecule has 26 heavy (non-hydrogen) atoms. The van der Waals surface area contributed by atoms with E-state index in [0.717, 1.165) is 12.0 Å². The van der Waals surface area contributed by atoms with Gasteiger partial charge in [-0.15, -0.1) is 0 Å². The summed E-state index contributed by atoms with van der Waals surface area (Å²) in [5, 5.41) is -0.441. The van der Waals surface area contributed by atoms with Crippen molar-refractivity contribution in [2.45, 2.75) is 57.8 Å². The molecule has 0 radical (unpaired) electrons. The minimum atomic E-state index is -0.441. The number of carbonyl (C=O) groups excluding carboxylic acids is 1. The minimum Gasteiger partial charge on any atom is -0.276 e. The Hall–Kier alpha value is -2.04. The van der Waals surface area contributed by atoms with E-state index < -0.39 is 5.24 Å². The topological polar surface area (TPSA) is 17.1 Å². The van der Waals surface area contributed by atoms with Crippen LogP contribution in [0.25, 0.3) is 0 Å². The van der Waals surface area contributed by atoms with Gasteiger partial charge in [-0.3, -0.25) is 4.79 Å². The predicted molar refractivity (Wildman–Crippen MR) is 109 cm³/mol. The van der Waals surface area contributed by atoms with E-state index in [1.807, 2.05) is 12.1 Å². The molecule has 1 aliphatic rings. The molecule has 2 aromatic rings. The maximum Gasteiger partial charge on any atom is 0.252 e. The fraction of sp³-hybridized carbons (Fsp3) is 0.375. The molecule has 0 atom stereocenters. The lowest BCUT2D eigenvalue weighted by atomic mass is 9.63. The van der Waals surface area contributed by atoms with Crippen LogP contribution in [-0.2, 0) is 17.3 Å². The van der Waals surface area contributed by atoms with Crippen molar-refractivity contribution in [3.63, 3.8) is 0 Å². The average molecular weight is 365 g/mol. The zero-order valence-electron chi connectivity index (χ0n) is 15.9. The molecule has 0 aromatic heterocycles. The third kappa shape index (κ3) is 3.87. The monoisotopic (exact) mass is 364 g/mol. The normalized spacial score (nSPS) is 17.0. The number of hydrogen-bond donors (Lipinski definition) is 0. The lowest BCUT2D eigenvalue weighted by Gasteiger charge is -2.42. The first-order chi connectivity index (χ1) is 12.2. The van der Waals surface area contributed by atoms with Gasteiger partial charge in [0.2, 0.25) is 0 Å². The highest BCUT2D eigenvalue weighted by Crippen LogP contribution is 2.45. The highest BCUT2D eigenvalue weighted by Gasteiger charge is 2.36. The van der Waals surface area contributed by atoms with E-state index in [4.69, 9.17) is 11.6 Å². The van der Waals surface area contributed by atoms with E-state index in [9.17, 15) is 4.79 Å². The molecule has 2 aromatic carbocycles. The summed E-state index contributed by atoms with van der Waals surface area (Å²) < 4.78 is 0. The number of halogens is 1. The minimum absolute atomic E-state index is 0.220. The Bertz CT molecular complexity index is 892. The number of fused-ring (bicyclic) bond motifs is 1. The van der Waals surface area contributed by atoms with Gasteiger partial charge < -0.3 is 0 Å². The van der Waals surface area contributed by atoms with Gasteiger partial charge in [-0.05, 0) is 76.2 Å². The van der Waals surface area contributed by atoms with Gasteiger partial charge in [0.1, 0.15) is 0 Å². The van der Waals surface area contributed by atoms with Crippen LogP contribution in [0.2, 0.25) is 0 Å². The van der Waals surface area contributed by atoms with Gasteiger partial charge in [0.05, 0.1) is 0 Å². The molecular formula is C24H25ClO. The van der Waals surface area contributed by atoms with Crippen LogP contribution in [0.1, 0.15) is 73.1 Å². The van der Waals surface area contributed by atoms with Crippen LogP contribution in [0.15, 0.2) is 42.5 Å². The molecule has 0 saturated heterocycles. The van der Waals surface area contributed by atoms with Gasteiger partial charge in [-0.25, -0.2) is 0 Å². The largest absolute Gasteiger partial charge is 0.276 e. The second-order valence-electron chi connectivity index (χ2n) is 8.48. The van der Waals surface area contributed by atoms with Gasteiger partial charge in [0.25, 0.3) is 5.24 Å². The highest BCUT2D eigenvalue weighted by molar-refractivity contribution is 6.67. The molecule has 1 nitrogen and oxygen atoms in total. The molecule has 134 valence electrons. The Labute approximate surface area is 161 Å². The second-order valence-corrected chi connectivity index (χ2v) is 8.82. The summed E-state index contributed by atoms with van der Waals surface area (Å²) >= 11 is 5.47. The number of hydrogen-bond acceptors (Lipinski definition) is 1. The molecule has 0 bridgehead atoms. The van der Waals surface area contributed by atoms with Crippen LogP contribution >= 0.6 is 11.6 Å². The van der Waals surface area contributed by atoms with Gasteiger partial charge >= 0.3 is 0 Å². The van der Waals surface area contributed by atoms with Gasteiger partial charge in [-0.1, -0.05) is 57.7 Å². The third-order valence-corrected chi connectivity index (χ3v) is 5.77. The van der Waals surface area contributed by atoms with Crippen molar-refractivity contribution in [3.8, 4) is 11.8 Å². The summed E-state index contributed by atoms with van der Waals surface area (Å²) in [5.41, 5.74) is 6.07. The lowest BCUT2D eigenvalue weighted by molar-refractivity contribution is 0.108. The first kappa shape index (κ1) is 18.7. The fourth-order valence-corrected chi connectivity index (χ4v) is 3.80. The smallest absolute Gasteiger partial charge is 0.252 e. The lowest BCUT2D eigenvalue weighted by Crippen LogP contribution is -2.33. The van der Waals surface area contributed by atoms with E-state index in [-0.39, 0.29) is 10.8 Å².